The third-order valence-corrected chi connectivity index (χ3v) is 3.18. The highest BCUT2D eigenvalue weighted by molar-refractivity contribution is 5.33. The molecule has 1 fully saturated rings. The van der Waals surface area contributed by atoms with Gasteiger partial charge in [0.15, 0.2) is 0 Å². The van der Waals surface area contributed by atoms with Crippen molar-refractivity contribution in [3.8, 4) is 0 Å². The van der Waals surface area contributed by atoms with Crippen molar-refractivity contribution < 1.29 is 18.3 Å². The maximum atomic E-state index is 13.5. The second-order valence-electron chi connectivity index (χ2n) is 4.29. The Hall–Kier alpha value is -1.07. The molecule has 1 aromatic carbocycles. The van der Waals surface area contributed by atoms with E-state index in [0.29, 0.717) is 12.1 Å². The molecular formula is C11H12F3NO. The monoisotopic (exact) mass is 231 g/mol. The summed E-state index contributed by atoms with van der Waals surface area (Å²) in [7, 11) is 0. The molecule has 0 radical (unpaired) electrons. The van der Waals surface area contributed by atoms with E-state index in [0.717, 1.165) is 0 Å². The van der Waals surface area contributed by atoms with Crippen molar-refractivity contribution in [3.63, 3.8) is 0 Å². The van der Waals surface area contributed by atoms with Crippen LogP contribution in [0.3, 0.4) is 0 Å². The first kappa shape index (κ1) is 11.4. The minimum absolute atomic E-state index is 0.0313. The molecule has 1 aliphatic rings. The van der Waals surface area contributed by atoms with Crippen molar-refractivity contribution in [2.45, 2.75) is 24.4 Å². The highest BCUT2D eigenvalue weighted by Crippen LogP contribution is 2.45. The van der Waals surface area contributed by atoms with Gasteiger partial charge in [-0.3, -0.25) is 0 Å². The lowest BCUT2D eigenvalue weighted by molar-refractivity contribution is 0.0186. The summed E-state index contributed by atoms with van der Waals surface area (Å²) < 4.78 is 39.8. The van der Waals surface area contributed by atoms with E-state index in [2.05, 4.69) is 0 Å². The summed E-state index contributed by atoms with van der Waals surface area (Å²) in [5, 5.41) is 9.24. The first-order valence-electron chi connectivity index (χ1n) is 5.02. The van der Waals surface area contributed by atoms with Crippen molar-refractivity contribution >= 4 is 0 Å². The number of rotatable bonds is 2. The van der Waals surface area contributed by atoms with Crippen LogP contribution in [0.15, 0.2) is 12.1 Å². The van der Waals surface area contributed by atoms with Crippen molar-refractivity contribution in [1.82, 2.24) is 0 Å². The molecule has 88 valence electrons. The zero-order chi connectivity index (χ0) is 11.9. The summed E-state index contributed by atoms with van der Waals surface area (Å²) in [6.07, 6.45) is -0.168. The predicted octanol–water partition coefficient (Wildman–Crippen LogP) is 1.46. The smallest absolute Gasteiger partial charge is 0.132 e. The maximum absolute atomic E-state index is 13.5. The van der Waals surface area contributed by atoms with E-state index in [1.807, 2.05) is 0 Å². The van der Waals surface area contributed by atoms with Crippen LogP contribution in [0.5, 0.6) is 0 Å². The third-order valence-electron chi connectivity index (χ3n) is 3.18. The summed E-state index contributed by atoms with van der Waals surface area (Å²) in [5.41, 5.74) is 4.41. The van der Waals surface area contributed by atoms with Gasteiger partial charge in [0.1, 0.15) is 17.5 Å². The van der Waals surface area contributed by atoms with E-state index < -0.39 is 29.0 Å². The summed E-state index contributed by atoms with van der Waals surface area (Å²) in [5.74, 6) is -2.82. The summed E-state index contributed by atoms with van der Waals surface area (Å²) in [4.78, 5) is 0. The van der Waals surface area contributed by atoms with Crippen LogP contribution in [-0.2, 0) is 5.41 Å². The third kappa shape index (κ3) is 1.60. The highest BCUT2D eigenvalue weighted by Gasteiger charge is 2.47. The fourth-order valence-electron chi connectivity index (χ4n) is 2.36. The van der Waals surface area contributed by atoms with E-state index >= 15 is 0 Å². The Morgan fingerprint density at radius 1 is 1.25 bits per heavy atom. The van der Waals surface area contributed by atoms with Gasteiger partial charge in [-0.1, -0.05) is 0 Å². The summed E-state index contributed by atoms with van der Waals surface area (Å²) in [6, 6.07) is 1.28. The van der Waals surface area contributed by atoms with Gasteiger partial charge >= 0.3 is 0 Å². The topological polar surface area (TPSA) is 46.2 Å². The van der Waals surface area contributed by atoms with Crippen LogP contribution < -0.4 is 5.73 Å². The van der Waals surface area contributed by atoms with Crippen LogP contribution in [-0.4, -0.2) is 17.8 Å². The van der Waals surface area contributed by atoms with Gasteiger partial charge in [-0.25, -0.2) is 13.2 Å². The number of halogens is 3. The van der Waals surface area contributed by atoms with Crippen molar-refractivity contribution in [3.05, 3.63) is 35.1 Å². The van der Waals surface area contributed by atoms with Crippen LogP contribution in [0.4, 0.5) is 13.2 Å². The normalized spacial score (nSPS) is 28.9. The summed E-state index contributed by atoms with van der Waals surface area (Å²) >= 11 is 0. The van der Waals surface area contributed by atoms with Crippen molar-refractivity contribution in [2.24, 2.45) is 5.73 Å². The lowest BCUT2D eigenvalue weighted by Gasteiger charge is -2.45. The van der Waals surface area contributed by atoms with E-state index in [9.17, 15) is 18.3 Å². The van der Waals surface area contributed by atoms with E-state index in [1.165, 1.54) is 0 Å². The molecule has 0 amide bonds. The van der Waals surface area contributed by atoms with Gasteiger partial charge in [-0.05, 0) is 12.8 Å². The van der Waals surface area contributed by atoms with Crippen molar-refractivity contribution in [2.75, 3.05) is 6.54 Å². The molecule has 0 spiro atoms. The quantitative estimate of drug-likeness (QED) is 0.809. The second-order valence-corrected chi connectivity index (χ2v) is 4.29. The molecule has 16 heavy (non-hydrogen) atoms. The van der Waals surface area contributed by atoms with E-state index in [4.69, 9.17) is 5.73 Å². The summed E-state index contributed by atoms with van der Waals surface area (Å²) in [6.45, 7) is 0.0313. The lowest BCUT2D eigenvalue weighted by Crippen LogP contribution is -2.50. The Balaban J connectivity index is 2.47. The van der Waals surface area contributed by atoms with Gasteiger partial charge in [0.25, 0.3) is 0 Å². The fraction of sp³-hybridized carbons (Fsp3) is 0.455. The standard InChI is InChI=1S/C11H12F3NO/c12-6-1-8(13)10(9(14)2-6)11(5-15)3-7(16)4-11/h1-2,7,16H,3-5,15H2. The van der Waals surface area contributed by atoms with Gasteiger partial charge in [0.2, 0.25) is 0 Å². The van der Waals surface area contributed by atoms with Crippen molar-refractivity contribution in [1.29, 1.82) is 0 Å². The molecule has 2 nitrogen and oxygen atoms in total. The number of hydrogen-bond acceptors (Lipinski definition) is 2. The van der Waals surface area contributed by atoms with Gasteiger partial charge < -0.3 is 10.8 Å². The first-order chi connectivity index (χ1) is 7.48. The van der Waals surface area contributed by atoms with Crippen LogP contribution in [0.1, 0.15) is 18.4 Å². The molecule has 2 rings (SSSR count). The Morgan fingerprint density at radius 2 is 1.75 bits per heavy atom. The molecule has 3 N–H and O–H groups in total. The molecule has 5 heteroatoms. The second kappa shape index (κ2) is 3.75. The molecule has 0 aromatic heterocycles. The molecular weight excluding hydrogens is 219 g/mol. The molecule has 1 aromatic rings. The van der Waals surface area contributed by atoms with Crippen LogP contribution >= 0.6 is 0 Å². The minimum atomic E-state index is -0.953. The number of nitrogens with two attached hydrogens (primary N) is 1. The number of aliphatic hydroxyl groups excluding tert-OH is 1. The van der Waals surface area contributed by atoms with Gasteiger partial charge in [0.05, 0.1) is 6.10 Å². The molecule has 0 heterocycles. The number of aliphatic hydroxyl groups is 1. The van der Waals surface area contributed by atoms with Gasteiger partial charge in [0, 0.05) is 29.7 Å². The average molecular weight is 231 g/mol. The minimum Gasteiger partial charge on any atom is -0.393 e. The van der Waals surface area contributed by atoms with Crippen LogP contribution in [0, 0.1) is 17.5 Å². The molecule has 0 bridgehead atoms. The van der Waals surface area contributed by atoms with Gasteiger partial charge in [-0.15, -0.1) is 0 Å². The number of hydrogen-bond donors (Lipinski definition) is 2. The van der Waals surface area contributed by atoms with Gasteiger partial charge in [-0.2, -0.15) is 0 Å². The maximum Gasteiger partial charge on any atom is 0.132 e. The molecule has 0 atom stereocenters. The number of benzene rings is 1. The Kier molecular flexibility index (Phi) is 2.67. The Morgan fingerprint density at radius 3 is 2.12 bits per heavy atom. The highest BCUT2D eigenvalue weighted by atomic mass is 19.1. The molecule has 1 saturated carbocycles. The van der Waals surface area contributed by atoms with E-state index in [1.54, 1.807) is 0 Å². The SMILES string of the molecule is NCC1(c2c(F)cc(F)cc2F)CC(O)C1. The zero-order valence-corrected chi connectivity index (χ0v) is 8.51. The molecule has 0 unspecified atom stereocenters. The molecule has 0 saturated heterocycles. The largest absolute Gasteiger partial charge is 0.393 e. The molecule has 0 aliphatic heterocycles. The predicted molar refractivity (Wildman–Crippen MR) is 52.3 cm³/mol. The van der Waals surface area contributed by atoms with Crippen LogP contribution in [0.25, 0.3) is 0 Å². The molecule has 1 aliphatic carbocycles. The Labute approximate surface area is 90.9 Å². The van der Waals surface area contributed by atoms with Crippen LogP contribution in [0.2, 0.25) is 0 Å². The van der Waals surface area contributed by atoms with E-state index in [-0.39, 0.29) is 24.9 Å². The lowest BCUT2D eigenvalue weighted by atomic mass is 9.62. The fourth-order valence-corrected chi connectivity index (χ4v) is 2.36. The first-order valence-corrected chi connectivity index (χ1v) is 5.02. The average Bonchev–Trinajstić information content (AvgIpc) is 2.12. The zero-order valence-electron chi connectivity index (χ0n) is 8.51. The Bertz CT molecular complexity index is 393.